The topological polar surface area (TPSA) is 21.6 Å². The van der Waals surface area contributed by atoms with Crippen molar-refractivity contribution in [2.45, 2.75) is 12.1 Å². The van der Waals surface area contributed by atoms with Crippen molar-refractivity contribution in [3.63, 3.8) is 0 Å². The summed E-state index contributed by atoms with van der Waals surface area (Å²) >= 11 is 6.82. The lowest BCUT2D eigenvalue weighted by atomic mass is 10.2. The predicted octanol–water partition coefficient (Wildman–Crippen LogP) is 3.54. The van der Waals surface area contributed by atoms with Gasteiger partial charge in [0.25, 0.3) is 0 Å². The van der Waals surface area contributed by atoms with E-state index in [1.807, 2.05) is 30.3 Å². The van der Waals surface area contributed by atoms with Crippen molar-refractivity contribution in [3.8, 4) is 0 Å². The fourth-order valence-corrected chi connectivity index (χ4v) is 2.30. The average Bonchev–Trinajstić information content (AvgIpc) is 2.73. The van der Waals surface area contributed by atoms with Crippen LogP contribution in [0.15, 0.2) is 46.4 Å². The van der Waals surface area contributed by atoms with Crippen molar-refractivity contribution in [2.75, 3.05) is 5.33 Å². The van der Waals surface area contributed by atoms with E-state index in [0.717, 1.165) is 15.4 Å². The molecule has 84 valence electrons. The highest BCUT2D eigenvalue weighted by atomic mass is 79.9. The number of benzene rings is 1. The van der Waals surface area contributed by atoms with Crippen molar-refractivity contribution in [2.24, 2.45) is 4.99 Å². The molecule has 2 rings (SSSR count). The van der Waals surface area contributed by atoms with Crippen LogP contribution in [-0.2, 0) is 4.74 Å². The zero-order valence-electron chi connectivity index (χ0n) is 8.57. The van der Waals surface area contributed by atoms with E-state index in [1.54, 1.807) is 0 Å². The van der Waals surface area contributed by atoms with E-state index in [0.29, 0.717) is 5.90 Å². The molecule has 0 bridgehead atoms. The Morgan fingerprint density at radius 1 is 1.38 bits per heavy atom. The van der Waals surface area contributed by atoms with Crippen LogP contribution in [0.5, 0.6) is 0 Å². The molecule has 16 heavy (non-hydrogen) atoms. The lowest BCUT2D eigenvalue weighted by Crippen LogP contribution is -2.22. The molecule has 4 heteroatoms. The minimum absolute atomic E-state index is 0.0398. The molecule has 0 unspecified atom stereocenters. The molecule has 1 aliphatic heterocycles. The fraction of sp³-hybridized carbons (Fsp3) is 0.250. The number of nitrogens with zero attached hydrogens (tertiary/aromatic N) is 1. The molecule has 2 nitrogen and oxygen atoms in total. The van der Waals surface area contributed by atoms with Gasteiger partial charge >= 0.3 is 0 Å². The SMILES string of the molecule is C=C[C@@H]1N=C(c2ccc(Br)cc2)O[C@@H]1CBr. The maximum absolute atomic E-state index is 5.76. The first-order chi connectivity index (χ1) is 7.74. The Labute approximate surface area is 112 Å². The van der Waals surface area contributed by atoms with Gasteiger partial charge in [0.05, 0.1) is 0 Å². The summed E-state index contributed by atoms with van der Waals surface area (Å²) in [5.74, 6) is 0.696. The second kappa shape index (κ2) is 5.15. The van der Waals surface area contributed by atoms with Crippen molar-refractivity contribution < 1.29 is 4.74 Å². The molecule has 0 saturated carbocycles. The van der Waals surface area contributed by atoms with Crippen LogP contribution in [0, 0.1) is 0 Å². The van der Waals surface area contributed by atoms with Gasteiger partial charge in [-0.15, -0.1) is 6.58 Å². The van der Waals surface area contributed by atoms with Gasteiger partial charge in [-0.05, 0) is 24.3 Å². The van der Waals surface area contributed by atoms with Crippen LogP contribution < -0.4 is 0 Å². The lowest BCUT2D eigenvalue weighted by molar-refractivity contribution is 0.233. The first kappa shape index (κ1) is 11.9. The van der Waals surface area contributed by atoms with E-state index in [4.69, 9.17) is 4.74 Å². The smallest absolute Gasteiger partial charge is 0.217 e. The van der Waals surface area contributed by atoms with Gasteiger partial charge in [0.2, 0.25) is 5.90 Å². The Bertz CT molecular complexity index is 414. The van der Waals surface area contributed by atoms with Crippen LogP contribution in [0.2, 0.25) is 0 Å². The van der Waals surface area contributed by atoms with Crippen LogP contribution in [0.4, 0.5) is 0 Å². The highest BCUT2D eigenvalue weighted by Crippen LogP contribution is 2.21. The number of halogens is 2. The Balaban J connectivity index is 2.23. The molecule has 0 amide bonds. The molecule has 0 N–H and O–H groups in total. The minimum Gasteiger partial charge on any atom is -0.471 e. The van der Waals surface area contributed by atoms with Crippen LogP contribution in [-0.4, -0.2) is 23.4 Å². The number of aliphatic imine (C=N–C) groups is 1. The van der Waals surface area contributed by atoms with Gasteiger partial charge in [-0.1, -0.05) is 37.9 Å². The summed E-state index contributed by atoms with van der Waals surface area (Å²) in [6.07, 6.45) is 1.87. The number of rotatable bonds is 3. The zero-order valence-corrected chi connectivity index (χ0v) is 11.7. The molecular weight excluding hydrogens is 334 g/mol. The van der Waals surface area contributed by atoms with Crippen molar-refractivity contribution >= 4 is 37.8 Å². The number of ether oxygens (including phenoxy) is 1. The first-order valence-corrected chi connectivity index (χ1v) is 6.85. The molecule has 1 heterocycles. The summed E-state index contributed by atoms with van der Waals surface area (Å²) in [5, 5.41) is 0.757. The van der Waals surface area contributed by atoms with Gasteiger partial charge in [0.15, 0.2) is 0 Å². The Hall–Kier alpha value is -0.610. The molecule has 0 aliphatic carbocycles. The minimum atomic E-state index is 0.0398. The second-order valence-corrected chi connectivity index (χ2v) is 5.04. The summed E-state index contributed by atoms with van der Waals surface area (Å²) < 4.78 is 6.80. The lowest BCUT2D eigenvalue weighted by Gasteiger charge is -2.11. The third-order valence-corrected chi connectivity index (χ3v) is 3.56. The molecule has 0 spiro atoms. The Morgan fingerprint density at radius 2 is 2.06 bits per heavy atom. The Morgan fingerprint density at radius 3 is 2.56 bits per heavy atom. The summed E-state index contributed by atoms with van der Waals surface area (Å²) in [6.45, 7) is 3.77. The molecule has 0 fully saturated rings. The average molecular weight is 345 g/mol. The monoisotopic (exact) mass is 343 g/mol. The van der Waals surface area contributed by atoms with Gasteiger partial charge < -0.3 is 4.74 Å². The van der Waals surface area contributed by atoms with Crippen LogP contribution >= 0.6 is 31.9 Å². The van der Waals surface area contributed by atoms with Gasteiger partial charge in [-0.25, -0.2) is 4.99 Å². The van der Waals surface area contributed by atoms with E-state index in [-0.39, 0.29) is 12.1 Å². The third kappa shape index (κ3) is 2.38. The van der Waals surface area contributed by atoms with Gasteiger partial charge in [-0.2, -0.15) is 0 Å². The highest BCUT2D eigenvalue weighted by Gasteiger charge is 2.28. The molecule has 1 aliphatic rings. The Kier molecular flexibility index (Phi) is 3.82. The highest BCUT2D eigenvalue weighted by molar-refractivity contribution is 9.10. The van der Waals surface area contributed by atoms with Crippen molar-refractivity contribution in [1.29, 1.82) is 0 Å². The standard InChI is InChI=1S/C12H11Br2NO/c1-2-10-11(7-13)16-12(15-10)8-3-5-9(14)6-4-8/h2-6,10-11H,1,7H2/t10-,11+/m0/s1. The number of hydrogen-bond donors (Lipinski definition) is 0. The van der Waals surface area contributed by atoms with Gasteiger partial charge in [0, 0.05) is 15.4 Å². The molecule has 0 saturated heterocycles. The van der Waals surface area contributed by atoms with Gasteiger partial charge in [-0.3, -0.25) is 0 Å². The summed E-state index contributed by atoms with van der Waals surface area (Å²) in [4.78, 5) is 4.49. The fourth-order valence-electron chi connectivity index (χ4n) is 1.52. The predicted molar refractivity (Wildman–Crippen MR) is 73.3 cm³/mol. The number of hydrogen-bond acceptors (Lipinski definition) is 2. The molecule has 1 aromatic carbocycles. The summed E-state index contributed by atoms with van der Waals surface area (Å²) in [5.41, 5.74) is 0.999. The summed E-state index contributed by atoms with van der Waals surface area (Å²) in [7, 11) is 0. The maximum atomic E-state index is 5.76. The summed E-state index contributed by atoms with van der Waals surface area (Å²) in [6, 6.07) is 7.97. The normalized spacial score (nSPS) is 23.8. The van der Waals surface area contributed by atoms with Crippen LogP contribution in [0.1, 0.15) is 5.56 Å². The van der Waals surface area contributed by atoms with Crippen LogP contribution in [0.3, 0.4) is 0 Å². The van der Waals surface area contributed by atoms with E-state index >= 15 is 0 Å². The van der Waals surface area contributed by atoms with E-state index < -0.39 is 0 Å². The quantitative estimate of drug-likeness (QED) is 0.607. The second-order valence-electron chi connectivity index (χ2n) is 3.48. The van der Waals surface area contributed by atoms with E-state index in [1.165, 1.54) is 0 Å². The first-order valence-electron chi connectivity index (χ1n) is 4.93. The number of alkyl halides is 1. The molecule has 1 aromatic rings. The van der Waals surface area contributed by atoms with E-state index in [2.05, 4.69) is 43.4 Å². The van der Waals surface area contributed by atoms with Crippen LogP contribution in [0.25, 0.3) is 0 Å². The van der Waals surface area contributed by atoms with Crippen molar-refractivity contribution in [3.05, 3.63) is 47.0 Å². The van der Waals surface area contributed by atoms with Gasteiger partial charge in [0.1, 0.15) is 12.1 Å². The molecule has 2 atom stereocenters. The molecular formula is C12H11Br2NO. The largest absolute Gasteiger partial charge is 0.471 e. The maximum Gasteiger partial charge on any atom is 0.217 e. The molecule has 0 radical (unpaired) electrons. The zero-order chi connectivity index (χ0) is 11.5. The van der Waals surface area contributed by atoms with E-state index in [9.17, 15) is 0 Å². The molecule has 0 aromatic heterocycles. The third-order valence-electron chi connectivity index (χ3n) is 2.39. The van der Waals surface area contributed by atoms with Crippen molar-refractivity contribution in [1.82, 2.24) is 0 Å².